The van der Waals surface area contributed by atoms with E-state index in [4.69, 9.17) is 4.74 Å². The summed E-state index contributed by atoms with van der Waals surface area (Å²) >= 11 is 0. The number of aryl methyl sites for hydroxylation is 1. The molecule has 1 N–H and O–H groups in total. The number of hydrogen-bond acceptors (Lipinski definition) is 3. The van der Waals surface area contributed by atoms with E-state index in [1.54, 1.807) is 4.90 Å². The van der Waals surface area contributed by atoms with Gasteiger partial charge in [0.15, 0.2) is 0 Å². The molecule has 1 heterocycles. The molecule has 1 atom stereocenters. The molecule has 0 bridgehead atoms. The molecule has 126 valence electrons. The van der Waals surface area contributed by atoms with Crippen molar-refractivity contribution in [3.05, 3.63) is 29.8 Å². The van der Waals surface area contributed by atoms with Crippen molar-refractivity contribution in [2.75, 3.05) is 31.6 Å². The molecule has 1 fully saturated rings. The maximum atomic E-state index is 12.2. The van der Waals surface area contributed by atoms with Crippen LogP contribution < -0.4 is 5.32 Å². The summed E-state index contributed by atoms with van der Waals surface area (Å²) in [5.74, 6) is 0.0361. The molecule has 0 spiro atoms. The molecular weight excluding hydrogens is 292 g/mol. The van der Waals surface area contributed by atoms with Crippen LogP contribution in [0.2, 0.25) is 0 Å². The van der Waals surface area contributed by atoms with E-state index in [9.17, 15) is 9.59 Å². The Hall–Kier alpha value is -1.88. The predicted octanol–water partition coefficient (Wildman–Crippen LogP) is 2.60. The highest BCUT2D eigenvalue weighted by Gasteiger charge is 2.27. The molecular formula is C18H26N2O3. The number of rotatable bonds is 7. The summed E-state index contributed by atoms with van der Waals surface area (Å²) in [6.07, 6.45) is 1.86. The molecule has 5 heteroatoms. The minimum Gasteiger partial charge on any atom is -0.381 e. The van der Waals surface area contributed by atoms with Gasteiger partial charge >= 0.3 is 0 Å². The Morgan fingerprint density at radius 3 is 2.87 bits per heavy atom. The van der Waals surface area contributed by atoms with E-state index < -0.39 is 0 Å². The lowest BCUT2D eigenvalue weighted by Gasteiger charge is -2.17. The topological polar surface area (TPSA) is 58.6 Å². The summed E-state index contributed by atoms with van der Waals surface area (Å²) in [6.45, 7) is 6.89. The highest BCUT2D eigenvalue weighted by atomic mass is 16.5. The third-order valence-electron chi connectivity index (χ3n) is 4.07. The standard InChI is InChI=1S/C18H26N2O3/c1-3-10-23-13-15-8-9-20(12-15)18(22)11-17(21)19-16-7-5-4-6-14(16)2/h4-7,15H,3,8-13H2,1-2H3,(H,19,21). The van der Waals surface area contributed by atoms with Crippen molar-refractivity contribution in [2.45, 2.75) is 33.1 Å². The Balaban J connectivity index is 1.76. The third kappa shape index (κ3) is 5.36. The molecule has 1 unspecified atom stereocenters. The van der Waals surface area contributed by atoms with E-state index >= 15 is 0 Å². The van der Waals surface area contributed by atoms with Gasteiger partial charge in [0.25, 0.3) is 0 Å². The zero-order valence-electron chi connectivity index (χ0n) is 14.0. The average molecular weight is 318 g/mol. The first-order valence-corrected chi connectivity index (χ1v) is 8.31. The Bertz CT molecular complexity index is 545. The molecule has 0 aromatic heterocycles. The minimum atomic E-state index is -0.255. The highest BCUT2D eigenvalue weighted by Crippen LogP contribution is 2.18. The summed E-state index contributed by atoms with van der Waals surface area (Å²) in [6, 6.07) is 7.56. The van der Waals surface area contributed by atoms with Crippen molar-refractivity contribution in [3.63, 3.8) is 0 Å². The quantitative estimate of drug-likeness (QED) is 0.621. The van der Waals surface area contributed by atoms with E-state index in [-0.39, 0.29) is 18.2 Å². The van der Waals surface area contributed by atoms with Gasteiger partial charge in [-0.2, -0.15) is 0 Å². The Labute approximate surface area is 138 Å². The average Bonchev–Trinajstić information content (AvgIpc) is 2.99. The third-order valence-corrected chi connectivity index (χ3v) is 4.07. The van der Waals surface area contributed by atoms with Gasteiger partial charge in [0.2, 0.25) is 11.8 Å². The number of benzene rings is 1. The first-order chi connectivity index (χ1) is 11.1. The Morgan fingerprint density at radius 2 is 2.13 bits per heavy atom. The molecule has 1 aliphatic rings. The number of anilines is 1. The molecule has 1 aliphatic heterocycles. The van der Waals surface area contributed by atoms with Crippen LogP contribution in [-0.2, 0) is 14.3 Å². The van der Waals surface area contributed by atoms with Gasteiger partial charge in [0.05, 0.1) is 6.61 Å². The van der Waals surface area contributed by atoms with Crippen LogP contribution in [0.1, 0.15) is 31.7 Å². The molecule has 23 heavy (non-hydrogen) atoms. The largest absolute Gasteiger partial charge is 0.381 e. The van der Waals surface area contributed by atoms with E-state index in [2.05, 4.69) is 12.2 Å². The molecule has 0 saturated carbocycles. The lowest BCUT2D eigenvalue weighted by Crippen LogP contribution is -2.32. The molecule has 5 nitrogen and oxygen atoms in total. The first kappa shape index (κ1) is 17.5. The highest BCUT2D eigenvalue weighted by molar-refractivity contribution is 6.03. The van der Waals surface area contributed by atoms with Gasteiger partial charge in [-0.15, -0.1) is 0 Å². The fourth-order valence-corrected chi connectivity index (χ4v) is 2.75. The summed E-state index contributed by atoms with van der Waals surface area (Å²) in [4.78, 5) is 26.0. The number of likely N-dealkylation sites (tertiary alicyclic amines) is 1. The predicted molar refractivity (Wildman–Crippen MR) is 90.2 cm³/mol. The fourth-order valence-electron chi connectivity index (χ4n) is 2.75. The Kier molecular flexibility index (Phi) is 6.59. The van der Waals surface area contributed by atoms with Gasteiger partial charge in [0, 0.05) is 31.3 Å². The van der Waals surface area contributed by atoms with E-state index in [0.29, 0.717) is 19.1 Å². The van der Waals surface area contributed by atoms with Crippen molar-refractivity contribution in [2.24, 2.45) is 5.92 Å². The van der Waals surface area contributed by atoms with Gasteiger partial charge in [-0.05, 0) is 31.4 Å². The Morgan fingerprint density at radius 1 is 1.35 bits per heavy atom. The van der Waals surface area contributed by atoms with Crippen molar-refractivity contribution >= 4 is 17.5 Å². The SMILES string of the molecule is CCCOCC1CCN(C(=O)CC(=O)Nc2ccccc2C)C1. The maximum Gasteiger partial charge on any atom is 0.233 e. The molecule has 1 aromatic carbocycles. The maximum absolute atomic E-state index is 12.2. The zero-order valence-corrected chi connectivity index (χ0v) is 14.0. The van der Waals surface area contributed by atoms with Crippen LogP contribution in [0, 0.1) is 12.8 Å². The molecule has 2 rings (SSSR count). The van der Waals surface area contributed by atoms with Gasteiger partial charge in [0.1, 0.15) is 6.42 Å². The van der Waals surface area contributed by atoms with Gasteiger partial charge in [-0.1, -0.05) is 25.1 Å². The van der Waals surface area contributed by atoms with Crippen LogP contribution in [-0.4, -0.2) is 43.0 Å². The van der Waals surface area contributed by atoms with Gasteiger partial charge in [-0.25, -0.2) is 0 Å². The summed E-state index contributed by atoms with van der Waals surface area (Å²) < 4.78 is 5.55. The number of hydrogen-bond donors (Lipinski definition) is 1. The number of para-hydroxylation sites is 1. The molecule has 1 saturated heterocycles. The zero-order chi connectivity index (χ0) is 16.7. The second-order valence-electron chi connectivity index (χ2n) is 6.11. The summed E-state index contributed by atoms with van der Waals surface area (Å²) in [7, 11) is 0. The molecule has 0 aliphatic carbocycles. The number of amides is 2. The van der Waals surface area contributed by atoms with Crippen molar-refractivity contribution in [1.82, 2.24) is 4.90 Å². The summed E-state index contributed by atoms with van der Waals surface area (Å²) in [5.41, 5.74) is 1.75. The van der Waals surface area contributed by atoms with Crippen LogP contribution in [0.3, 0.4) is 0 Å². The number of nitrogens with one attached hydrogen (secondary N) is 1. The van der Waals surface area contributed by atoms with Crippen molar-refractivity contribution < 1.29 is 14.3 Å². The van der Waals surface area contributed by atoms with E-state index in [1.807, 2.05) is 31.2 Å². The number of carbonyl (C=O) groups excluding carboxylic acids is 2. The summed E-state index contributed by atoms with van der Waals surface area (Å²) in [5, 5.41) is 2.81. The molecule has 2 amide bonds. The monoisotopic (exact) mass is 318 g/mol. The van der Waals surface area contributed by atoms with Crippen molar-refractivity contribution in [3.8, 4) is 0 Å². The molecule has 1 aromatic rings. The fraction of sp³-hybridized carbons (Fsp3) is 0.556. The normalized spacial score (nSPS) is 17.3. The van der Waals surface area contributed by atoms with Gasteiger partial charge in [-0.3, -0.25) is 9.59 Å². The van der Waals surface area contributed by atoms with Crippen LogP contribution in [0.4, 0.5) is 5.69 Å². The van der Waals surface area contributed by atoms with Crippen LogP contribution >= 0.6 is 0 Å². The lowest BCUT2D eigenvalue weighted by molar-refractivity contribution is -0.133. The first-order valence-electron chi connectivity index (χ1n) is 8.31. The van der Waals surface area contributed by atoms with Crippen LogP contribution in [0.5, 0.6) is 0 Å². The van der Waals surface area contributed by atoms with Crippen LogP contribution in [0.15, 0.2) is 24.3 Å². The van der Waals surface area contributed by atoms with Crippen LogP contribution in [0.25, 0.3) is 0 Å². The van der Waals surface area contributed by atoms with Crippen molar-refractivity contribution in [1.29, 1.82) is 0 Å². The second-order valence-corrected chi connectivity index (χ2v) is 6.11. The number of carbonyl (C=O) groups is 2. The van der Waals surface area contributed by atoms with E-state index in [1.165, 1.54) is 0 Å². The smallest absolute Gasteiger partial charge is 0.233 e. The van der Waals surface area contributed by atoms with Gasteiger partial charge < -0.3 is 15.0 Å². The minimum absolute atomic E-state index is 0.100. The molecule has 0 radical (unpaired) electrons. The second kappa shape index (κ2) is 8.67. The van der Waals surface area contributed by atoms with E-state index in [0.717, 1.165) is 37.2 Å². The number of nitrogens with zero attached hydrogens (tertiary/aromatic N) is 1. The number of ether oxygens (including phenoxy) is 1. The lowest BCUT2D eigenvalue weighted by atomic mass is 10.1.